The molecule has 1 fully saturated rings. The summed E-state index contributed by atoms with van der Waals surface area (Å²) in [5.74, 6) is -1.05. The number of aromatic carboxylic acids is 1. The molecule has 1 aliphatic carbocycles. The zero-order valence-corrected chi connectivity index (χ0v) is 14.7. The van der Waals surface area contributed by atoms with Gasteiger partial charge in [-0.05, 0) is 36.5 Å². The molecule has 0 saturated heterocycles. The number of carboxylic acid groups (broad SMARTS) is 1. The van der Waals surface area contributed by atoms with Crippen LogP contribution < -0.4 is 0 Å². The van der Waals surface area contributed by atoms with Gasteiger partial charge in [0.1, 0.15) is 5.82 Å². The van der Waals surface area contributed by atoms with Gasteiger partial charge in [0.2, 0.25) is 0 Å². The summed E-state index contributed by atoms with van der Waals surface area (Å²) in [7, 11) is 1.59. The molecule has 1 aromatic heterocycles. The molecule has 0 unspecified atom stereocenters. The molecule has 0 radical (unpaired) electrons. The van der Waals surface area contributed by atoms with Crippen molar-refractivity contribution in [3.63, 3.8) is 0 Å². The van der Waals surface area contributed by atoms with Crippen molar-refractivity contribution in [2.24, 2.45) is 0 Å². The van der Waals surface area contributed by atoms with Gasteiger partial charge in [-0.1, -0.05) is 26.0 Å². The van der Waals surface area contributed by atoms with Crippen molar-refractivity contribution < 1.29 is 19.0 Å². The highest BCUT2D eigenvalue weighted by Crippen LogP contribution is 2.45. The Morgan fingerprint density at radius 3 is 2.44 bits per heavy atom. The van der Waals surface area contributed by atoms with E-state index in [2.05, 4.69) is 0 Å². The Bertz CT molecular complexity index is 796. The summed E-state index contributed by atoms with van der Waals surface area (Å²) in [5, 5.41) is 9.89. The minimum Gasteiger partial charge on any atom is -0.478 e. The molecule has 0 atom stereocenters. The number of benzene rings is 1. The van der Waals surface area contributed by atoms with Gasteiger partial charge >= 0.3 is 5.97 Å². The van der Waals surface area contributed by atoms with Crippen molar-refractivity contribution in [2.75, 3.05) is 7.11 Å². The minimum absolute atomic E-state index is 0.0283. The smallest absolute Gasteiger partial charge is 0.338 e. The molecule has 4 nitrogen and oxygen atoms in total. The minimum atomic E-state index is -1.02. The van der Waals surface area contributed by atoms with Crippen LogP contribution in [0.1, 0.15) is 65.8 Å². The molecular weight excluding hydrogens is 321 g/mol. The highest BCUT2D eigenvalue weighted by molar-refractivity contribution is 5.98. The number of methoxy groups -OCH3 is 1. The lowest BCUT2D eigenvalue weighted by Gasteiger charge is -2.21. The fourth-order valence-corrected chi connectivity index (χ4v) is 3.21. The van der Waals surface area contributed by atoms with Crippen LogP contribution in [0.2, 0.25) is 0 Å². The molecule has 2 aromatic rings. The van der Waals surface area contributed by atoms with Crippen LogP contribution in [0, 0.1) is 5.82 Å². The van der Waals surface area contributed by atoms with E-state index in [1.54, 1.807) is 19.2 Å². The first-order valence-corrected chi connectivity index (χ1v) is 8.48. The second-order valence-corrected chi connectivity index (χ2v) is 6.78. The predicted molar refractivity (Wildman–Crippen MR) is 93.4 cm³/mol. The lowest BCUT2D eigenvalue weighted by molar-refractivity contribution is 0.0695. The summed E-state index contributed by atoms with van der Waals surface area (Å²) in [6.45, 7) is 4.16. The Kier molecular flexibility index (Phi) is 4.86. The van der Waals surface area contributed by atoms with E-state index in [9.17, 15) is 14.3 Å². The van der Waals surface area contributed by atoms with Gasteiger partial charge in [-0.3, -0.25) is 4.98 Å². The molecule has 0 bridgehead atoms. The number of halogens is 1. The summed E-state index contributed by atoms with van der Waals surface area (Å²) in [5.41, 5.74) is 3.78. The van der Waals surface area contributed by atoms with Crippen LogP contribution in [0.25, 0.3) is 11.1 Å². The Labute approximate surface area is 146 Å². The average Bonchev–Trinajstić information content (AvgIpc) is 3.39. The number of aromatic nitrogens is 1. The van der Waals surface area contributed by atoms with Gasteiger partial charge in [0.15, 0.2) is 0 Å². The molecular formula is C20H22FNO3. The quantitative estimate of drug-likeness (QED) is 0.823. The molecule has 1 saturated carbocycles. The number of pyridine rings is 1. The van der Waals surface area contributed by atoms with E-state index >= 15 is 0 Å². The molecule has 0 amide bonds. The monoisotopic (exact) mass is 343 g/mol. The molecule has 1 aromatic carbocycles. The first-order valence-electron chi connectivity index (χ1n) is 8.48. The van der Waals surface area contributed by atoms with Gasteiger partial charge < -0.3 is 9.84 Å². The molecule has 1 aliphatic rings. The van der Waals surface area contributed by atoms with Crippen molar-refractivity contribution in [1.29, 1.82) is 0 Å². The maximum absolute atomic E-state index is 13.4. The van der Waals surface area contributed by atoms with Crippen molar-refractivity contribution in [3.8, 4) is 11.1 Å². The molecule has 0 aliphatic heterocycles. The van der Waals surface area contributed by atoms with Crippen molar-refractivity contribution in [3.05, 3.63) is 52.6 Å². The highest BCUT2D eigenvalue weighted by atomic mass is 19.1. The van der Waals surface area contributed by atoms with E-state index in [1.165, 1.54) is 12.1 Å². The molecule has 0 spiro atoms. The first kappa shape index (κ1) is 17.5. The van der Waals surface area contributed by atoms with Crippen LogP contribution >= 0.6 is 0 Å². The van der Waals surface area contributed by atoms with Gasteiger partial charge in [0.25, 0.3) is 0 Å². The Balaban J connectivity index is 2.37. The van der Waals surface area contributed by atoms with Crippen LogP contribution in [0.15, 0.2) is 24.3 Å². The zero-order chi connectivity index (χ0) is 18.1. The zero-order valence-electron chi connectivity index (χ0n) is 14.7. The van der Waals surface area contributed by atoms with Gasteiger partial charge in [-0.25, -0.2) is 9.18 Å². The summed E-state index contributed by atoms with van der Waals surface area (Å²) in [6.07, 6.45) is 2.10. The van der Waals surface area contributed by atoms with E-state index in [1.807, 2.05) is 13.8 Å². The van der Waals surface area contributed by atoms with E-state index in [0.717, 1.165) is 24.1 Å². The standard InChI is InChI=1S/C20H22FNO3/c1-11(2)18-17(20(23)24)16(12-6-8-14(21)9-7-12)15(10-25-3)19(22-18)13-4-5-13/h6-9,11,13H,4-5,10H2,1-3H3,(H,23,24). The first-order chi connectivity index (χ1) is 11.9. The van der Waals surface area contributed by atoms with Crippen molar-refractivity contribution >= 4 is 5.97 Å². The fraction of sp³-hybridized carbons (Fsp3) is 0.400. The second kappa shape index (κ2) is 6.92. The molecule has 3 rings (SSSR count). The average molecular weight is 343 g/mol. The van der Waals surface area contributed by atoms with Crippen LogP contribution in [0.3, 0.4) is 0 Å². The normalized spacial score (nSPS) is 14.1. The van der Waals surface area contributed by atoms with Crippen molar-refractivity contribution in [1.82, 2.24) is 4.98 Å². The lowest BCUT2D eigenvalue weighted by Crippen LogP contribution is -2.15. The number of hydrogen-bond donors (Lipinski definition) is 1. The predicted octanol–water partition coefficient (Wildman–Crippen LogP) is 4.73. The lowest BCUT2D eigenvalue weighted by atomic mass is 9.88. The van der Waals surface area contributed by atoms with E-state index in [-0.39, 0.29) is 23.9 Å². The number of carbonyl (C=O) groups is 1. The second-order valence-electron chi connectivity index (χ2n) is 6.78. The van der Waals surface area contributed by atoms with Gasteiger partial charge in [-0.15, -0.1) is 0 Å². The third kappa shape index (κ3) is 3.42. The maximum Gasteiger partial charge on any atom is 0.338 e. The fourth-order valence-electron chi connectivity index (χ4n) is 3.21. The van der Waals surface area contributed by atoms with E-state index in [4.69, 9.17) is 9.72 Å². The maximum atomic E-state index is 13.4. The molecule has 1 heterocycles. The Hall–Kier alpha value is -2.27. The van der Waals surface area contributed by atoms with Crippen LogP contribution in [0.5, 0.6) is 0 Å². The number of ether oxygens (including phenoxy) is 1. The van der Waals surface area contributed by atoms with Crippen molar-refractivity contribution in [2.45, 2.75) is 45.1 Å². The molecule has 25 heavy (non-hydrogen) atoms. The molecule has 132 valence electrons. The van der Waals surface area contributed by atoms with Gasteiger partial charge in [-0.2, -0.15) is 0 Å². The van der Waals surface area contributed by atoms with Crippen LogP contribution in [0.4, 0.5) is 4.39 Å². The number of carboxylic acids is 1. The third-order valence-electron chi connectivity index (χ3n) is 4.50. The Morgan fingerprint density at radius 1 is 1.32 bits per heavy atom. The van der Waals surface area contributed by atoms with E-state index < -0.39 is 5.97 Å². The summed E-state index contributed by atoms with van der Waals surface area (Å²) in [6, 6.07) is 5.95. The molecule has 5 heteroatoms. The largest absolute Gasteiger partial charge is 0.478 e. The highest BCUT2D eigenvalue weighted by Gasteiger charge is 2.33. The third-order valence-corrected chi connectivity index (χ3v) is 4.50. The number of nitrogens with zero attached hydrogens (tertiary/aromatic N) is 1. The van der Waals surface area contributed by atoms with Gasteiger partial charge in [0, 0.05) is 29.8 Å². The van der Waals surface area contributed by atoms with Gasteiger partial charge in [0.05, 0.1) is 17.9 Å². The topological polar surface area (TPSA) is 59.4 Å². The van der Waals surface area contributed by atoms with Crippen LogP contribution in [-0.2, 0) is 11.3 Å². The molecule has 1 N–H and O–H groups in total. The number of rotatable bonds is 6. The summed E-state index contributed by atoms with van der Waals surface area (Å²) < 4.78 is 18.7. The SMILES string of the molecule is COCc1c(C2CC2)nc(C(C)C)c(C(=O)O)c1-c1ccc(F)cc1. The summed E-state index contributed by atoms with van der Waals surface area (Å²) in [4.78, 5) is 16.8. The number of hydrogen-bond acceptors (Lipinski definition) is 3. The van der Waals surface area contributed by atoms with Crippen LogP contribution in [-0.4, -0.2) is 23.2 Å². The van der Waals surface area contributed by atoms with E-state index in [0.29, 0.717) is 22.7 Å². The summed E-state index contributed by atoms with van der Waals surface area (Å²) >= 11 is 0. The Morgan fingerprint density at radius 2 is 1.96 bits per heavy atom.